The van der Waals surface area contributed by atoms with Crippen molar-refractivity contribution < 1.29 is 4.79 Å². The van der Waals surface area contributed by atoms with Crippen LogP contribution in [0.3, 0.4) is 0 Å². The molecule has 0 saturated carbocycles. The summed E-state index contributed by atoms with van der Waals surface area (Å²) in [6.07, 6.45) is 1.93. The number of nitrogen functional groups attached to an aromatic ring is 1. The van der Waals surface area contributed by atoms with E-state index in [1.807, 2.05) is 22.9 Å². The van der Waals surface area contributed by atoms with E-state index in [0.29, 0.717) is 12.2 Å². The first-order valence-corrected chi connectivity index (χ1v) is 5.46. The number of anilines is 1. The average molecular weight is 218 g/mol. The molecule has 2 aromatic heterocycles. The van der Waals surface area contributed by atoms with E-state index in [0.717, 1.165) is 11.1 Å². The highest BCUT2D eigenvalue weighted by Crippen LogP contribution is 2.13. The molecule has 2 N–H and O–H groups in total. The molecule has 2 aromatic rings. The highest BCUT2D eigenvalue weighted by Gasteiger charge is 2.09. The molecule has 0 aliphatic rings. The Morgan fingerprint density at radius 1 is 1.47 bits per heavy atom. The van der Waals surface area contributed by atoms with Crippen molar-refractivity contribution in [3.05, 3.63) is 46.3 Å². The molecule has 2 heterocycles. The standard InChI is InChI=1S/C11H10N2OS/c12-11-8(2-1-4-13-11)6-10(14)9-3-5-15-7-9/h1-5,7H,6H2,(H2,12,13). The molecule has 0 spiro atoms. The van der Waals surface area contributed by atoms with Crippen molar-refractivity contribution in [3.8, 4) is 0 Å². The molecule has 76 valence electrons. The van der Waals surface area contributed by atoms with Crippen LogP contribution in [0.25, 0.3) is 0 Å². The third kappa shape index (κ3) is 2.22. The number of rotatable bonds is 3. The second kappa shape index (κ2) is 4.23. The van der Waals surface area contributed by atoms with Crippen LogP contribution >= 0.6 is 11.3 Å². The van der Waals surface area contributed by atoms with Crippen molar-refractivity contribution in [2.75, 3.05) is 5.73 Å². The minimum absolute atomic E-state index is 0.0796. The summed E-state index contributed by atoms with van der Waals surface area (Å²) < 4.78 is 0. The first-order chi connectivity index (χ1) is 7.27. The van der Waals surface area contributed by atoms with Crippen molar-refractivity contribution in [2.45, 2.75) is 6.42 Å². The summed E-state index contributed by atoms with van der Waals surface area (Å²) in [5, 5.41) is 3.73. The first-order valence-electron chi connectivity index (χ1n) is 4.52. The zero-order valence-corrected chi connectivity index (χ0v) is 8.83. The number of hydrogen-bond donors (Lipinski definition) is 1. The van der Waals surface area contributed by atoms with Gasteiger partial charge >= 0.3 is 0 Å². The fourth-order valence-corrected chi connectivity index (χ4v) is 1.96. The lowest BCUT2D eigenvalue weighted by molar-refractivity contribution is 0.0993. The lowest BCUT2D eigenvalue weighted by atomic mass is 10.1. The molecule has 0 radical (unpaired) electrons. The molecule has 15 heavy (non-hydrogen) atoms. The number of carbonyl (C=O) groups excluding carboxylic acids is 1. The summed E-state index contributed by atoms with van der Waals surface area (Å²) in [4.78, 5) is 15.7. The largest absolute Gasteiger partial charge is 0.383 e. The monoisotopic (exact) mass is 218 g/mol. The summed E-state index contributed by atoms with van der Waals surface area (Å²) in [5.74, 6) is 0.511. The smallest absolute Gasteiger partial charge is 0.168 e. The SMILES string of the molecule is Nc1ncccc1CC(=O)c1ccsc1. The molecule has 4 heteroatoms. The number of carbonyl (C=O) groups is 1. The molecule has 0 fully saturated rings. The maximum Gasteiger partial charge on any atom is 0.168 e. The predicted octanol–water partition coefficient (Wildman–Crippen LogP) is 2.15. The van der Waals surface area contributed by atoms with E-state index in [4.69, 9.17) is 5.73 Å². The molecule has 0 saturated heterocycles. The molecule has 3 nitrogen and oxygen atoms in total. The zero-order valence-electron chi connectivity index (χ0n) is 8.01. The Morgan fingerprint density at radius 3 is 3.00 bits per heavy atom. The van der Waals surface area contributed by atoms with Crippen LogP contribution < -0.4 is 5.73 Å². The minimum Gasteiger partial charge on any atom is -0.383 e. The predicted molar refractivity (Wildman–Crippen MR) is 61.0 cm³/mol. The molecule has 0 aliphatic carbocycles. The van der Waals surface area contributed by atoms with Gasteiger partial charge in [0.05, 0.1) is 0 Å². The van der Waals surface area contributed by atoms with Gasteiger partial charge in [0.1, 0.15) is 5.82 Å². The Labute approximate surface area is 91.6 Å². The number of pyridine rings is 1. The zero-order chi connectivity index (χ0) is 10.7. The Hall–Kier alpha value is -1.68. The van der Waals surface area contributed by atoms with Crippen LogP contribution in [0, 0.1) is 0 Å². The summed E-state index contributed by atoms with van der Waals surface area (Å²) >= 11 is 1.51. The van der Waals surface area contributed by atoms with Gasteiger partial charge in [-0.05, 0) is 17.5 Å². The third-order valence-electron chi connectivity index (χ3n) is 2.12. The molecule has 0 bridgehead atoms. The number of thiophene rings is 1. The fraction of sp³-hybridized carbons (Fsp3) is 0.0909. The van der Waals surface area contributed by atoms with Crippen LogP contribution in [0.4, 0.5) is 5.82 Å². The number of nitrogens with zero attached hydrogens (tertiary/aromatic N) is 1. The number of aromatic nitrogens is 1. The Balaban J connectivity index is 2.17. The molecular formula is C11H10N2OS. The Bertz CT molecular complexity index is 465. The minimum atomic E-state index is 0.0796. The lowest BCUT2D eigenvalue weighted by Gasteiger charge is -2.01. The van der Waals surface area contributed by atoms with Crippen molar-refractivity contribution in [1.29, 1.82) is 0 Å². The highest BCUT2D eigenvalue weighted by molar-refractivity contribution is 7.08. The van der Waals surface area contributed by atoms with E-state index in [-0.39, 0.29) is 5.78 Å². The average Bonchev–Trinajstić information content (AvgIpc) is 2.74. The molecule has 0 atom stereocenters. The van der Waals surface area contributed by atoms with E-state index < -0.39 is 0 Å². The van der Waals surface area contributed by atoms with Gasteiger partial charge in [0.2, 0.25) is 0 Å². The maximum absolute atomic E-state index is 11.8. The van der Waals surface area contributed by atoms with Crippen LogP contribution in [0.15, 0.2) is 35.2 Å². The van der Waals surface area contributed by atoms with E-state index >= 15 is 0 Å². The fourth-order valence-electron chi connectivity index (χ4n) is 1.30. The van der Waals surface area contributed by atoms with Crippen LogP contribution in [-0.2, 0) is 6.42 Å². The number of ketones is 1. The van der Waals surface area contributed by atoms with Gasteiger partial charge in [0.25, 0.3) is 0 Å². The molecule has 0 aliphatic heterocycles. The van der Waals surface area contributed by atoms with Crippen LogP contribution in [0.5, 0.6) is 0 Å². The quantitative estimate of drug-likeness (QED) is 0.803. The van der Waals surface area contributed by atoms with Gasteiger partial charge in [-0.3, -0.25) is 4.79 Å². The van der Waals surface area contributed by atoms with Crippen LogP contribution in [0.1, 0.15) is 15.9 Å². The van der Waals surface area contributed by atoms with Gasteiger partial charge in [0, 0.05) is 29.1 Å². The maximum atomic E-state index is 11.8. The van der Waals surface area contributed by atoms with Crippen molar-refractivity contribution in [1.82, 2.24) is 4.98 Å². The van der Waals surface area contributed by atoms with E-state index in [1.54, 1.807) is 12.3 Å². The molecule has 0 unspecified atom stereocenters. The number of nitrogens with two attached hydrogens (primary N) is 1. The summed E-state index contributed by atoms with van der Waals surface area (Å²) in [6, 6.07) is 5.43. The molecule has 2 rings (SSSR count). The third-order valence-corrected chi connectivity index (χ3v) is 2.80. The van der Waals surface area contributed by atoms with E-state index in [9.17, 15) is 4.79 Å². The second-order valence-corrected chi connectivity index (χ2v) is 3.94. The van der Waals surface area contributed by atoms with Gasteiger partial charge in [-0.2, -0.15) is 11.3 Å². The van der Waals surface area contributed by atoms with Crippen molar-refractivity contribution in [3.63, 3.8) is 0 Å². The van der Waals surface area contributed by atoms with Gasteiger partial charge < -0.3 is 5.73 Å². The molecular weight excluding hydrogens is 208 g/mol. The highest BCUT2D eigenvalue weighted by atomic mass is 32.1. The first kappa shape index (κ1) is 9.86. The van der Waals surface area contributed by atoms with Crippen molar-refractivity contribution in [2.24, 2.45) is 0 Å². The Kier molecular flexibility index (Phi) is 2.78. The van der Waals surface area contributed by atoms with Crippen LogP contribution in [-0.4, -0.2) is 10.8 Å². The molecule has 0 amide bonds. The number of hydrogen-bond acceptors (Lipinski definition) is 4. The Morgan fingerprint density at radius 2 is 2.33 bits per heavy atom. The second-order valence-electron chi connectivity index (χ2n) is 3.16. The van der Waals surface area contributed by atoms with Gasteiger partial charge in [-0.25, -0.2) is 4.98 Å². The number of Topliss-reactive ketones (excluding diaryl/α,β-unsaturated/α-hetero) is 1. The van der Waals surface area contributed by atoms with Crippen LogP contribution in [0.2, 0.25) is 0 Å². The normalized spacial score (nSPS) is 10.1. The summed E-state index contributed by atoms with van der Waals surface area (Å²) in [7, 11) is 0. The van der Waals surface area contributed by atoms with Gasteiger partial charge in [-0.1, -0.05) is 6.07 Å². The molecule has 0 aromatic carbocycles. The summed E-state index contributed by atoms with van der Waals surface area (Å²) in [5.41, 5.74) is 7.19. The van der Waals surface area contributed by atoms with E-state index in [1.165, 1.54) is 11.3 Å². The summed E-state index contributed by atoms with van der Waals surface area (Å²) in [6.45, 7) is 0. The lowest BCUT2D eigenvalue weighted by Crippen LogP contribution is -2.05. The van der Waals surface area contributed by atoms with Gasteiger partial charge in [-0.15, -0.1) is 0 Å². The van der Waals surface area contributed by atoms with Crippen molar-refractivity contribution >= 4 is 22.9 Å². The van der Waals surface area contributed by atoms with Gasteiger partial charge in [0.15, 0.2) is 5.78 Å². The van der Waals surface area contributed by atoms with E-state index in [2.05, 4.69) is 4.98 Å². The topological polar surface area (TPSA) is 56.0 Å².